The molecule has 0 amide bonds. The number of rotatable bonds is 2. The van der Waals surface area contributed by atoms with Crippen LogP contribution in [-0.2, 0) is 33.7 Å². The second-order valence-electron chi connectivity index (χ2n) is 7.44. The van der Waals surface area contributed by atoms with Gasteiger partial charge in [0.1, 0.15) is 0 Å². The van der Waals surface area contributed by atoms with Crippen LogP contribution in [0.5, 0.6) is 0 Å². The van der Waals surface area contributed by atoms with E-state index in [-0.39, 0.29) is 17.8 Å². The van der Waals surface area contributed by atoms with Crippen LogP contribution in [0.4, 0.5) is 0 Å². The number of aryl methyl sites for hydroxylation is 2. The Hall–Kier alpha value is -2.30. The number of aromatic nitrogens is 2. The van der Waals surface area contributed by atoms with E-state index in [0.29, 0.717) is 0 Å². The summed E-state index contributed by atoms with van der Waals surface area (Å²) >= 11 is 1.70. The number of nitrogens with zero attached hydrogens (tertiary/aromatic N) is 3. The van der Waals surface area contributed by atoms with Crippen LogP contribution in [-0.4, -0.2) is 61.7 Å². The number of thiazole rings is 1. The zero-order valence-electron chi connectivity index (χ0n) is 16.5. The number of hydrogen-bond acceptors (Lipinski definition) is 7. The number of morpholine rings is 1. The van der Waals surface area contributed by atoms with Gasteiger partial charge in [-0.25, -0.2) is 14.6 Å². The lowest BCUT2D eigenvalue weighted by Gasteiger charge is -2.34. The van der Waals surface area contributed by atoms with Gasteiger partial charge in [-0.3, -0.25) is 14.1 Å². The highest BCUT2D eigenvalue weighted by molar-refractivity contribution is 7.17. The zero-order valence-corrected chi connectivity index (χ0v) is 17.3. The van der Waals surface area contributed by atoms with E-state index in [9.17, 15) is 4.79 Å². The highest BCUT2D eigenvalue weighted by atomic mass is 32.1. The summed E-state index contributed by atoms with van der Waals surface area (Å²) in [7, 11) is 0. The van der Waals surface area contributed by atoms with E-state index in [4.69, 9.17) is 29.5 Å². The van der Waals surface area contributed by atoms with Gasteiger partial charge in [-0.05, 0) is 39.5 Å². The van der Waals surface area contributed by atoms with E-state index in [2.05, 4.69) is 18.7 Å². The van der Waals surface area contributed by atoms with Crippen molar-refractivity contribution in [2.75, 3.05) is 13.1 Å². The summed E-state index contributed by atoms with van der Waals surface area (Å²) in [5.41, 5.74) is 2.17. The Bertz CT molecular complexity index is 947. The SMILES string of the molecule is CC1CN(Cc2cc(=O)n3c4c(sc3n2)CCCC4)CC(C)O1.O=C(O)C(=O)O. The fourth-order valence-corrected chi connectivity index (χ4v) is 5.10. The number of ether oxygens (including phenoxy) is 1. The quantitative estimate of drug-likeness (QED) is 0.695. The molecule has 0 bridgehead atoms. The molecule has 0 radical (unpaired) electrons. The van der Waals surface area contributed by atoms with E-state index in [0.717, 1.165) is 43.1 Å². The van der Waals surface area contributed by atoms with Gasteiger partial charge in [0.2, 0.25) is 0 Å². The standard InChI is InChI=1S/C17H23N3O2S.C2H2O4/c1-11-8-19(9-12(2)22-11)10-13-7-16(21)20-14-5-3-4-6-15(14)23-17(20)18-13;3-1(4)2(5)6/h7,11-12H,3-6,8-10H2,1-2H3;(H,3,4)(H,5,6). The smallest absolute Gasteiger partial charge is 0.414 e. The number of fused-ring (bicyclic) bond motifs is 3. The number of carbonyl (C=O) groups is 2. The fourth-order valence-electron chi connectivity index (χ4n) is 3.87. The molecule has 2 aromatic heterocycles. The molecule has 0 spiro atoms. The van der Waals surface area contributed by atoms with Gasteiger partial charge in [-0.15, -0.1) is 11.3 Å². The minimum absolute atomic E-state index is 0.0822. The largest absolute Gasteiger partial charge is 0.473 e. The summed E-state index contributed by atoms with van der Waals surface area (Å²) in [4.78, 5) is 40.1. The molecule has 4 rings (SSSR count). The van der Waals surface area contributed by atoms with Crippen LogP contribution in [0.3, 0.4) is 0 Å². The molecular formula is C19H25N3O6S. The summed E-state index contributed by atoms with van der Waals surface area (Å²) in [6.45, 7) is 6.72. The Kier molecular flexibility index (Phi) is 6.66. The van der Waals surface area contributed by atoms with E-state index in [1.807, 2.05) is 4.40 Å². The van der Waals surface area contributed by atoms with Crippen LogP contribution in [0.25, 0.3) is 4.96 Å². The van der Waals surface area contributed by atoms with Crippen molar-refractivity contribution in [1.82, 2.24) is 14.3 Å². The Morgan fingerprint density at radius 2 is 1.79 bits per heavy atom. The molecule has 1 saturated heterocycles. The molecule has 0 aromatic carbocycles. The van der Waals surface area contributed by atoms with Crippen molar-refractivity contribution in [3.05, 3.63) is 32.7 Å². The third-order valence-electron chi connectivity index (χ3n) is 4.88. The molecule has 158 valence electrons. The molecule has 9 nitrogen and oxygen atoms in total. The molecule has 0 saturated carbocycles. The normalized spacial score (nSPS) is 21.9. The second kappa shape index (κ2) is 9.02. The molecule has 1 fully saturated rings. The first-order chi connectivity index (χ1) is 13.7. The predicted octanol–water partition coefficient (Wildman–Crippen LogP) is 1.40. The lowest BCUT2D eigenvalue weighted by atomic mass is 10.0. The summed E-state index contributed by atoms with van der Waals surface area (Å²) in [6, 6.07) is 1.72. The minimum atomic E-state index is -1.82. The number of carboxylic acid groups (broad SMARTS) is 2. The molecule has 29 heavy (non-hydrogen) atoms. The van der Waals surface area contributed by atoms with Gasteiger partial charge in [0.25, 0.3) is 5.56 Å². The maximum Gasteiger partial charge on any atom is 0.414 e. The third-order valence-corrected chi connectivity index (χ3v) is 6.02. The summed E-state index contributed by atoms with van der Waals surface area (Å²) in [6.07, 6.45) is 4.97. The van der Waals surface area contributed by atoms with E-state index < -0.39 is 11.9 Å². The van der Waals surface area contributed by atoms with Gasteiger partial charge in [-0.2, -0.15) is 0 Å². The minimum Gasteiger partial charge on any atom is -0.473 e. The van der Waals surface area contributed by atoms with Crippen molar-refractivity contribution < 1.29 is 24.5 Å². The van der Waals surface area contributed by atoms with Crippen LogP contribution in [0.15, 0.2) is 10.9 Å². The molecule has 1 aliphatic heterocycles. The van der Waals surface area contributed by atoms with E-state index in [1.54, 1.807) is 17.4 Å². The van der Waals surface area contributed by atoms with Crippen LogP contribution in [0, 0.1) is 0 Å². The summed E-state index contributed by atoms with van der Waals surface area (Å²) in [5.74, 6) is -3.65. The first kappa shape index (κ1) is 21.4. The first-order valence-electron chi connectivity index (χ1n) is 9.62. The van der Waals surface area contributed by atoms with E-state index in [1.165, 1.54) is 23.4 Å². The average molecular weight is 423 g/mol. The molecule has 2 aromatic rings. The summed E-state index contributed by atoms with van der Waals surface area (Å²) < 4.78 is 7.62. The van der Waals surface area contributed by atoms with Crippen molar-refractivity contribution in [2.45, 2.75) is 58.3 Å². The molecule has 3 heterocycles. The fraction of sp³-hybridized carbons (Fsp3) is 0.579. The van der Waals surface area contributed by atoms with Crippen molar-refractivity contribution in [3.63, 3.8) is 0 Å². The van der Waals surface area contributed by atoms with Crippen LogP contribution < -0.4 is 5.56 Å². The first-order valence-corrected chi connectivity index (χ1v) is 10.4. The van der Waals surface area contributed by atoms with Crippen LogP contribution in [0.1, 0.15) is 43.0 Å². The number of carboxylic acids is 2. The molecule has 10 heteroatoms. The van der Waals surface area contributed by atoms with Gasteiger partial charge >= 0.3 is 11.9 Å². The van der Waals surface area contributed by atoms with Gasteiger partial charge < -0.3 is 14.9 Å². The molecule has 1 aliphatic carbocycles. The lowest BCUT2D eigenvalue weighted by molar-refractivity contribution is -0.159. The summed E-state index contributed by atoms with van der Waals surface area (Å²) in [5, 5.41) is 14.8. The van der Waals surface area contributed by atoms with Crippen molar-refractivity contribution >= 4 is 28.2 Å². The lowest BCUT2D eigenvalue weighted by Crippen LogP contribution is -2.45. The average Bonchev–Trinajstić information content (AvgIpc) is 2.99. The molecule has 2 aliphatic rings. The third kappa shape index (κ3) is 5.20. The van der Waals surface area contributed by atoms with Gasteiger partial charge in [0.15, 0.2) is 4.96 Å². The van der Waals surface area contributed by atoms with Crippen molar-refractivity contribution in [3.8, 4) is 0 Å². The Morgan fingerprint density at radius 3 is 2.41 bits per heavy atom. The van der Waals surface area contributed by atoms with Crippen LogP contribution >= 0.6 is 11.3 Å². The Balaban J connectivity index is 0.000000353. The zero-order chi connectivity index (χ0) is 21.1. The van der Waals surface area contributed by atoms with Crippen molar-refractivity contribution in [1.29, 1.82) is 0 Å². The predicted molar refractivity (Wildman–Crippen MR) is 107 cm³/mol. The Labute approximate surface area is 171 Å². The molecule has 2 atom stereocenters. The van der Waals surface area contributed by atoms with Gasteiger partial charge in [0, 0.05) is 36.3 Å². The van der Waals surface area contributed by atoms with E-state index >= 15 is 0 Å². The number of aliphatic carboxylic acids is 2. The van der Waals surface area contributed by atoms with Gasteiger partial charge in [-0.1, -0.05) is 0 Å². The highest BCUT2D eigenvalue weighted by Gasteiger charge is 2.23. The maximum absolute atomic E-state index is 12.6. The van der Waals surface area contributed by atoms with Crippen molar-refractivity contribution in [2.24, 2.45) is 0 Å². The number of hydrogen-bond donors (Lipinski definition) is 2. The second-order valence-corrected chi connectivity index (χ2v) is 8.51. The monoisotopic (exact) mass is 423 g/mol. The highest BCUT2D eigenvalue weighted by Crippen LogP contribution is 2.28. The maximum atomic E-state index is 12.6. The molecule has 2 N–H and O–H groups in total. The topological polar surface area (TPSA) is 121 Å². The Morgan fingerprint density at radius 1 is 1.17 bits per heavy atom. The molecular weight excluding hydrogens is 398 g/mol. The van der Waals surface area contributed by atoms with Crippen LogP contribution in [0.2, 0.25) is 0 Å². The molecule has 2 unspecified atom stereocenters. The van der Waals surface area contributed by atoms with Gasteiger partial charge in [0.05, 0.1) is 17.9 Å².